The average molecular weight is 708 g/mol. The molecule has 252 valence electrons. The van der Waals surface area contributed by atoms with E-state index in [1.54, 1.807) is 0 Å². The monoisotopic (exact) mass is 707 g/mol. The number of benzene rings is 9. The molecule has 0 saturated carbocycles. The molecular weight excluding hydrogens is 679 g/mol. The van der Waals surface area contributed by atoms with E-state index in [9.17, 15) is 0 Å². The lowest BCUT2D eigenvalue weighted by Gasteiger charge is -2.33. The first-order chi connectivity index (χ1) is 26.8. The van der Waals surface area contributed by atoms with E-state index in [0.29, 0.717) is 0 Å². The largest absolute Gasteiger partial charge is 0.456 e. The normalized spacial score (nSPS) is 12.7. The van der Waals surface area contributed by atoms with Crippen LogP contribution in [0.15, 0.2) is 190 Å². The summed E-state index contributed by atoms with van der Waals surface area (Å²) in [5.41, 5.74) is 9.32. The molecule has 0 unspecified atom stereocenters. The standard InChI is InChI=1S/C49H29N3OS/c1-2-12-30(13-3-1)49-50-41-18-8-9-19-42(41)52(49)32-24-22-31(23-25-32)51-43-20-10-11-21-47(43)54-48-28-40-39-26-37-35-16-6-4-14-33(35)34-15-5-7-17-36(34)38(37)27-45(39)53-46(40)29-44(48)51/h1-29H. The van der Waals surface area contributed by atoms with Gasteiger partial charge in [-0.15, -0.1) is 0 Å². The molecule has 5 heteroatoms. The van der Waals surface area contributed by atoms with Gasteiger partial charge in [-0.25, -0.2) is 4.98 Å². The van der Waals surface area contributed by atoms with Crippen molar-refractivity contribution in [1.82, 2.24) is 9.55 Å². The molecule has 1 aliphatic heterocycles. The third-order valence-corrected chi connectivity index (χ3v) is 12.1. The lowest BCUT2D eigenvalue weighted by molar-refractivity contribution is 0.669. The lowest BCUT2D eigenvalue weighted by atomic mass is 9.93. The van der Waals surface area contributed by atoms with Crippen molar-refractivity contribution in [3.63, 3.8) is 0 Å². The summed E-state index contributed by atoms with van der Waals surface area (Å²) in [6, 6.07) is 62.9. The molecule has 1 aliphatic rings. The number of furan rings is 1. The number of fused-ring (bicyclic) bond motifs is 12. The van der Waals surface area contributed by atoms with Crippen molar-refractivity contribution in [2.75, 3.05) is 4.90 Å². The molecule has 0 saturated heterocycles. The lowest BCUT2D eigenvalue weighted by Crippen LogP contribution is -2.14. The maximum Gasteiger partial charge on any atom is 0.145 e. The first-order valence-electron chi connectivity index (χ1n) is 18.2. The summed E-state index contributed by atoms with van der Waals surface area (Å²) in [6.07, 6.45) is 0. The van der Waals surface area contributed by atoms with Gasteiger partial charge >= 0.3 is 0 Å². The zero-order valence-electron chi connectivity index (χ0n) is 28.9. The van der Waals surface area contributed by atoms with E-state index < -0.39 is 0 Å². The van der Waals surface area contributed by atoms with Gasteiger partial charge in [0.15, 0.2) is 0 Å². The van der Waals surface area contributed by atoms with Crippen molar-refractivity contribution in [2.45, 2.75) is 9.79 Å². The minimum atomic E-state index is 0.881. The summed E-state index contributed by atoms with van der Waals surface area (Å²) < 4.78 is 9.04. The van der Waals surface area contributed by atoms with Gasteiger partial charge in [-0.05, 0) is 99.0 Å². The van der Waals surface area contributed by atoms with Gasteiger partial charge in [-0.1, -0.05) is 115 Å². The quantitative estimate of drug-likeness (QED) is 0.171. The Bertz CT molecular complexity index is 3310. The Morgan fingerprint density at radius 3 is 1.80 bits per heavy atom. The fourth-order valence-electron chi connectivity index (χ4n) is 8.52. The van der Waals surface area contributed by atoms with Crippen LogP contribution >= 0.6 is 11.8 Å². The van der Waals surface area contributed by atoms with Crippen LogP contribution in [0.2, 0.25) is 0 Å². The van der Waals surface area contributed by atoms with Crippen molar-refractivity contribution in [1.29, 1.82) is 0 Å². The van der Waals surface area contributed by atoms with E-state index in [2.05, 4.69) is 173 Å². The number of para-hydroxylation sites is 3. The van der Waals surface area contributed by atoms with E-state index in [1.807, 2.05) is 23.9 Å². The molecule has 9 aromatic carbocycles. The SMILES string of the molecule is c1ccc(-c2nc3ccccc3n2-c2ccc(N3c4ccccc4Sc4cc5c(cc43)oc3cc4c6ccccc6c6ccccc6c4cc35)cc2)cc1. The van der Waals surface area contributed by atoms with Crippen molar-refractivity contribution < 1.29 is 4.42 Å². The topological polar surface area (TPSA) is 34.2 Å². The third kappa shape index (κ3) is 4.30. The van der Waals surface area contributed by atoms with E-state index >= 15 is 0 Å². The summed E-state index contributed by atoms with van der Waals surface area (Å²) in [4.78, 5) is 9.86. The predicted molar refractivity (Wildman–Crippen MR) is 225 cm³/mol. The number of hydrogen-bond donors (Lipinski definition) is 0. The number of aromatic nitrogens is 2. The highest BCUT2D eigenvalue weighted by Crippen LogP contribution is 2.53. The minimum Gasteiger partial charge on any atom is -0.456 e. The maximum atomic E-state index is 6.78. The van der Waals surface area contributed by atoms with E-state index in [-0.39, 0.29) is 0 Å². The Balaban J connectivity index is 1.04. The Morgan fingerprint density at radius 1 is 0.426 bits per heavy atom. The van der Waals surface area contributed by atoms with Gasteiger partial charge < -0.3 is 9.32 Å². The zero-order chi connectivity index (χ0) is 35.3. The van der Waals surface area contributed by atoms with Crippen LogP contribution in [-0.2, 0) is 0 Å². The van der Waals surface area contributed by atoms with Crippen molar-refractivity contribution in [3.05, 3.63) is 176 Å². The van der Waals surface area contributed by atoms with Crippen LogP contribution in [0, 0.1) is 0 Å². The highest BCUT2D eigenvalue weighted by atomic mass is 32.2. The summed E-state index contributed by atoms with van der Waals surface area (Å²) in [5, 5.41) is 9.77. The molecule has 0 N–H and O–H groups in total. The van der Waals surface area contributed by atoms with Crippen LogP contribution in [0.4, 0.5) is 17.1 Å². The summed E-state index contributed by atoms with van der Waals surface area (Å²) in [7, 11) is 0. The van der Waals surface area contributed by atoms with Crippen LogP contribution in [0.5, 0.6) is 0 Å². The Labute approximate surface area is 314 Å². The third-order valence-electron chi connectivity index (χ3n) is 10.9. The molecule has 0 amide bonds. The fourth-order valence-corrected chi connectivity index (χ4v) is 9.60. The van der Waals surface area contributed by atoms with Crippen molar-refractivity contribution >= 4 is 94.1 Å². The van der Waals surface area contributed by atoms with Gasteiger partial charge in [0.1, 0.15) is 17.0 Å². The second-order valence-corrected chi connectivity index (χ2v) is 15.0. The predicted octanol–water partition coefficient (Wildman–Crippen LogP) is 14.0. The van der Waals surface area contributed by atoms with Crippen LogP contribution in [-0.4, -0.2) is 9.55 Å². The number of hydrogen-bond acceptors (Lipinski definition) is 4. The molecule has 2 aromatic heterocycles. The van der Waals surface area contributed by atoms with E-state index in [1.165, 1.54) is 42.1 Å². The highest BCUT2D eigenvalue weighted by molar-refractivity contribution is 7.99. The van der Waals surface area contributed by atoms with Crippen LogP contribution in [0.3, 0.4) is 0 Å². The number of nitrogens with zero attached hydrogens (tertiary/aromatic N) is 3. The van der Waals surface area contributed by atoms with E-state index in [0.717, 1.165) is 67.1 Å². The van der Waals surface area contributed by atoms with Gasteiger partial charge in [-0.2, -0.15) is 0 Å². The molecule has 0 radical (unpaired) electrons. The molecule has 0 spiro atoms. The molecule has 0 bridgehead atoms. The van der Waals surface area contributed by atoms with Gasteiger partial charge in [0, 0.05) is 43.6 Å². The van der Waals surface area contributed by atoms with Crippen molar-refractivity contribution in [2.24, 2.45) is 0 Å². The Kier molecular flexibility index (Phi) is 6.24. The van der Waals surface area contributed by atoms with Crippen molar-refractivity contribution in [3.8, 4) is 17.1 Å². The van der Waals surface area contributed by atoms with Gasteiger partial charge in [0.25, 0.3) is 0 Å². The second kappa shape index (κ2) is 11.3. The molecular formula is C49H29N3OS. The van der Waals surface area contributed by atoms with Crippen LogP contribution in [0.25, 0.3) is 82.4 Å². The highest BCUT2D eigenvalue weighted by Gasteiger charge is 2.27. The summed E-state index contributed by atoms with van der Waals surface area (Å²) >= 11 is 1.82. The first-order valence-corrected chi connectivity index (χ1v) is 19.0. The number of anilines is 3. The second-order valence-electron chi connectivity index (χ2n) is 14.0. The molecule has 12 rings (SSSR count). The van der Waals surface area contributed by atoms with E-state index in [4.69, 9.17) is 9.40 Å². The van der Waals surface area contributed by atoms with Crippen LogP contribution in [0.1, 0.15) is 0 Å². The Hall–Kier alpha value is -6.82. The molecule has 0 fully saturated rings. The molecule has 4 nitrogen and oxygen atoms in total. The summed E-state index contributed by atoms with van der Waals surface area (Å²) in [6.45, 7) is 0. The minimum absolute atomic E-state index is 0.881. The fraction of sp³-hybridized carbons (Fsp3) is 0. The maximum absolute atomic E-state index is 6.78. The van der Waals surface area contributed by atoms with Crippen LogP contribution < -0.4 is 4.90 Å². The van der Waals surface area contributed by atoms with Gasteiger partial charge in [0.05, 0.1) is 22.4 Å². The molecule has 3 heterocycles. The number of imidazole rings is 1. The first kappa shape index (κ1) is 29.7. The number of rotatable bonds is 3. The molecule has 54 heavy (non-hydrogen) atoms. The zero-order valence-corrected chi connectivity index (χ0v) is 29.7. The smallest absolute Gasteiger partial charge is 0.145 e. The summed E-state index contributed by atoms with van der Waals surface area (Å²) in [5.74, 6) is 0.926. The molecule has 0 aliphatic carbocycles. The average Bonchev–Trinajstić information content (AvgIpc) is 3.80. The van der Waals surface area contributed by atoms with Gasteiger partial charge in [0.2, 0.25) is 0 Å². The van der Waals surface area contributed by atoms with Gasteiger partial charge in [-0.3, -0.25) is 4.57 Å². The molecule has 0 atom stereocenters. The Morgan fingerprint density at radius 2 is 1.02 bits per heavy atom. The molecule has 11 aromatic rings.